The molecule has 1 aromatic rings. The first kappa shape index (κ1) is 28.1. The third-order valence-electron chi connectivity index (χ3n) is 7.77. The van der Waals surface area contributed by atoms with E-state index >= 15 is 0 Å². The molecule has 0 bridgehead atoms. The third kappa shape index (κ3) is 6.45. The molecule has 1 aliphatic heterocycles. The minimum absolute atomic E-state index is 0.0275. The number of hydrogen-bond donors (Lipinski definition) is 0. The zero-order valence-electron chi connectivity index (χ0n) is 23.4. The standard InChI is InChI=1S/C31H49NO3/c1-9-12-13-14-27-30(35-31(33-19-10-2)28(20(4)5)21(6)7)23(11-3)29(34-27)26-16-15-24-22(8)32-18-17-25(24)26/h13-18,20-21,23,26-31H,9-12,19H2,1-8H3/b14-13-/t23?,26?,27-,29-,30-,31?/m1/s1. The Morgan fingerprint density at radius 3 is 2.46 bits per heavy atom. The molecule has 0 N–H and O–H groups in total. The predicted molar refractivity (Wildman–Crippen MR) is 145 cm³/mol. The van der Waals surface area contributed by atoms with E-state index < -0.39 is 0 Å². The van der Waals surface area contributed by atoms with Crippen LogP contribution in [0.25, 0.3) is 6.08 Å². The summed E-state index contributed by atoms with van der Waals surface area (Å²) >= 11 is 0. The van der Waals surface area contributed by atoms with Crippen LogP contribution in [0.2, 0.25) is 0 Å². The van der Waals surface area contributed by atoms with Crippen molar-refractivity contribution in [2.45, 2.75) is 112 Å². The van der Waals surface area contributed by atoms with Crippen molar-refractivity contribution in [1.29, 1.82) is 0 Å². The highest BCUT2D eigenvalue weighted by molar-refractivity contribution is 5.64. The minimum atomic E-state index is -0.226. The van der Waals surface area contributed by atoms with Crippen LogP contribution in [-0.4, -0.2) is 36.2 Å². The Balaban J connectivity index is 1.93. The van der Waals surface area contributed by atoms with E-state index in [1.165, 1.54) is 11.1 Å². The molecule has 3 rings (SSSR count). The fraction of sp³-hybridized carbons (Fsp3) is 0.710. The summed E-state index contributed by atoms with van der Waals surface area (Å²) in [7, 11) is 0. The zero-order chi connectivity index (χ0) is 25.5. The summed E-state index contributed by atoms with van der Waals surface area (Å²) in [5.41, 5.74) is 3.67. The molecular weight excluding hydrogens is 434 g/mol. The number of aryl methyl sites for hydroxylation is 1. The Kier molecular flexibility index (Phi) is 10.6. The molecule has 4 heteroatoms. The van der Waals surface area contributed by atoms with E-state index in [9.17, 15) is 0 Å². The number of pyridine rings is 1. The topological polar surface area (TPSA) is 40.6 Å². The summed E-state index contributed by atoms with van der Waals surface area (Å²) < 4.78 is 20.3. The lowest BCUT2D eigenvalue weighted by molar-refractivity contribution is -0.222. The molecule has 196 valence electrons. The summed E-state index contributed by atoms with van der Waals surface area (Å²) in [5, 5.41) is 0. The van der Waals surface area contributed by atoms with Crippen molar-refractivity contribution in [1.82, 2.24) is 4.98 Å². The largest absolute Gasteiger partial charge is 0.367 e. The summed E-state index contributed by atoms with van der Waals surface area (Å²) in [5.74, 6) is 1.80. The van der Waals surface area contributed by atoms with Crippen LogP contribution in [0, 0.1) is 30.6 Å². The van der Waals surface area contributed by atoms with Gasteiger partial charge >= 0.3 is 0 Å². The van der Waals surface area contributed by atoms with Crippen LogP contribution in [0.15, 0.2) is 30.5 Å². The van der Waals surface area contributed by atoms with Gasteiger partial charge < -0.3 is 14.2 Å². The maximum atomic E-state index is 7.01. The lowest BCUT2D eigenvalue weighted by atomic mass is 9.82. The van der Waals surface area contributed by atoms with Gasteiger partial charge in [-0.1, -0.05) is 79.2 Å². The Hall–Kier alpha value is -1.49. The van der Waals surface area contributed by atoms with Crippen LogP contribution >= 0.6 is 0 Å². The van der Waals surface area contributed by atoms with E-state index in [1.54, 1.807) is 0 Å². The average Bonchev–Trinajstić information content (AvgIpc) is 3.39. The molecule has 1 aromatic heterocycles. The first-order chi connectivity index (χ1) is 16.8. The second-order valence-electron chi connectivity index (χ2n) is 11.0. The molecule has 0 spiro atoms. The van der Waals surface area contributed by atoms with Gasteiger partial charge in [0.05, 0.1) is 12.2 Å². The van der Waals surface area contributed by atoms with Gasteiger partial charge in [-0.25, -0.2) is 0 Å². The van der Waals surface area contributed by atoms with Crippen LogP contribution < -0.4 is 0 Å². The molecule has 0 amide bonds. The SMILES string of the molecule is CCC/C=C\[C@H]1O[C@@H](C2C=Cc3c2ccnc3C)C(CC)[C@H]1OC(OCCC)C(C(C)C)C(C)C. The zero-order valence-corrected chi connectivity index (χ0v) is 23.4. The number of nitrogens with zero attached hydrogens (tertiary/aromatic N) is 1. The van der Waals surface area contributed by atoms with Gasteiger partial charge in [0.2, 0.25) is 0 Å². The summed E-state index contributed by atoms with van der Waals surface area (Å²) in [6.07, 6.45) is 14.9. The van der Waals surface area contributed by atoms with Gasteiger partial charge in [-0.3, -0.25) is 4.98 Å². The molecule has 0 aromatic carbocycles. The van der Waals surface area contributed by atoms with Gasteiger partial charge in [-0.2, -0.15) is 0 Å². The molecule has 0 radical (unpaired) electrons. The molecule has 2 heterocycles. The molecule has 0 saturated carbocycles. The molecule has 6 atom stereocenters. The fourth-order valence-electron chi connectivity index (χ4n) is 6.06. The number of ether oxygens (including phenoxy) is 3. The van der Waals surface area contributed by atoms with Crippen molar-refractivity contribution in [3.8, 4) is 0 Å². The first-order valence-corrected chi connectivity index (χ1v) is 14.1. The van der Waals surface area contributed by atoms with Crippen LogP contribution in [0.3, 0.4) is 0 Å². The van der Waals surface area contributed by atoms with Crippen LogP contribution in [0.5, 0.6) is 0 Å². The van der Waals surface area contributed by atoms with Crippen LogP contribution in [0.4, 0.5) is 0 Å². The van der Waals surface area contributed by atoms with Crippen molar-refractivity contribution in [2.24, 2.45) is 23.7 Å². The number of hydrogen-bond acceptors (Lipinski definition) is 4. The normalized spacial score (nSPS) is 27.1. The van der Waals surface area contributed by atoms with Gasteiger partial charge in [0.25, 0.3) is 0 Å². The Bertz CT molecular complexity index is 838. The molecule has 1 saturated heterocycles. The highest BCUT2D eigenvalue weighted by atomic mass is 16.7. The second-order valence-corrected chi connectivity index (χ2v) is 11.0. The first-order valence-electron chi connectivity index (χ1n) is 14.1. The summed E-state index contributed by atoms with van der Waals surface area (Å²) in [6.45, 7) is 18.6. The smallest absolute Gasteiger partial charge is 0.161 e. The number of allylic oxidation sites excluding steroid dienone is 1. The maximum Gasteiger partial charge on any atom is 0.161 e. The molecule has 1 aliphatic carbocycles. The molecule has 1 fully saturated rings. The fourth-order valence-corrected chi connectivity index (χ4v) is 6.06. The van der Waals surface area contributed by atoms with Crippen LogP contribution in [-0.2, 0) is 14.2 Å². The van der Waals surface area contributed by atoms with Crippen molar-refractivity contribution < 1.29 is 14.2 Å². The average molecular weight is 484 g/mol. The van der Waals surface area contributed by atoms with Crippen molar-refractivity contribution in [3.05, 3.63) is 47.3 Å². The molecule has 3 unspecified atom stereocenters. The van der Waals surface area contributed by atoms with E-state index in [1.807, 2.05) is 6.20 Å². The summed E-state index contributed by atoms with van der Waals surface area (Å²) in [4.78, 5) is 4.51. The number of rotatable bonds is 13. The highest BCUT2D eigenvalue weighted by Gasteiger charge is 2.49. The van der Waals surface area contributed by atoms with Gasteiger partial charge in [0, 0.05) is 36.3 Å². The van der Waals surface area contributed by atoms with E-state index in [0.717, 1.165) is 38.0 Å². The number of fused-ring (bicyclic) bond motifs is 1. The minimum Gasteiger partial charge on any atom is -0.367 e. The second kappa shape index (κ2) is 13.2. The monoisotopic (exact) mass is 483 g/mol. The van der Waals surface area contributed by atoms with Gasteiger partial charge in [-0.15, -0.1) is 0 Å². The molecule has 4 nitrogen and oxygen atoms in total. The van der Waals surface area contributed by atoms with E-state index in [0.29, 0.717) is 17.8 Å². The number of aromatic nitrogens is 1. The third-order valence-corrected chi connectivity index (χ3v) is 7.77. The lowest BCUT2D eigenvalue weighted by Crippen LogP contribution is -2.42. The van der Waals surface area contributed by atoms with Crippen molar-refractivity contribution in [2.75, 3.05) is 6.61 Å². The quantitative estimate of drug-likeness (QED) is 0.213. The predicted octanol–water partition coefficient (Wildman–Crippen LogP) is 7.72. The Labute approximate surface area is 214 Å². The Morgan fingerprint density at radius 1 is 1.09 bits per heavy atom. The van der Waals surface area contributed by atoms with Gasteiger partial charge in [0.15, 0.2) is 6.29 Å². The highest BCUT2D eigenvalue weighted by Crippen LogP contribution is 2.45. The molecule has 35 heavy (non-hydrogen) atoms. The molecular formula is C31H49NO3. The van der Waals surface area contributed by atoms with Crippen molar-refractivity contribution >= 4 is 6.08 Å². The van der Waals surface area contributed by atoms with Gasteiger partial charge in [0.1, 0.15) is 6.10 Å². The van der Waals surface area contributed by atoms with E-state index in [2.05, 4.69) is 90.7 Å². The van der Waals surface area contributed by atoms with E-state index in [4.69, 9.17) is 14.2 Å². The van der Waals surface area contributed by atoms with E-state index in [-0.39, 0.29) is 36.4 Å². The Morgan fingerprint density at radius 2 is 1.83 bits per heavy atom. The summed E-state index contributed by atoms with van der Waals surface area (Å²) in [6, 6.07) is 2.17. The van der Waals surface area contributed by atoms with Gasteiger partial charge in [-0.05, 0) is 55.2 Å². The van der Waals surface area contributed by atoms with Crippen LogP contribution in [0.1, 0.15) is 96.9 Å². The molecule has 2 aliphatic rings. The van der Waals surface area contributed by atoms with Crippen molar-refractivity contribution in [3.63, 3.8) is 0 Å². The number of unbranched alkanes of at least 4 members (excludes halogenated alkanes) is 1. The maximum absolute atomic E-state index is 7.01. The lowest BCUT2D eigenvalue weighted by Gasteiger charge is -2.36.